The van der Waals surface area contributed by atoms with E-state index in [2.05, 4.69) is 57.4 Å². The molecule has 1 atom stereocenters. The van der Waals surface area contributed by atoms with Gasteiger partial charge in [0.15, 0.2) is 0 Å². The minimum atomic E-state index is 0.0213. The Morgan fingerprint density at radius 2 is 1.56 bits per heavy atom. The number of nitriles is 1. The Morgan fingerprint density at radius 1 is 1.00 bits per heavy atom. The maximum absolute atomic E-state index is 9.29. The van der Waals surface area contributed by atoms with Gasteiger partial charge in [0, 0.05) is 30.7 Å². The Balaban J connectivity index is 2.77. The first-order valence-electron chi connectivity index (χ1n) is 6.07. The largest absolute Gasteiger partial charge is 0.295 e. The Bertz CT molecular complexity index is 277. The second kappa shape index (κ2) is 4.35. The number of piperazine rings is 1. The zero-order valence-electron chi connectivity index (χ0n) is 11.5. The van der Waals surface area contributed by atoms with Gasteiger partial charge in [-0.3, -0.25) is 9.80 Å². The van der Waals surface area contributed by atoms with E-state index in [0.717, 1.165) is 19.6 Å². The molecule has 0 radical (unpaired) electrons. The predicted octanol–water partition coefficient (Wildman–Crippen LogP) is 2.09. The van der Waals surface area contributed by atoms with E-state index in [1.54, 1.807) is 0 Å². The lowest BCUT2D eigenvalue weighted by Gasteiger charge is -2.49. The molecule has 1 fully saturated rings. The molecule has 1 heterocycles. The van der Waals surface area contributed by atoms with Crippen molar-refractivity contribution < 1.29 is 0 Å². The summed E-state index contributed by atoms with van der Waals surface area (Å²) in [5.41, 5.74) is 0.253. The van der Waals surface area contributed by atoms with E-state index in [4.69, 9.17) is 0 Å². The highest BCUT2D eigenvalue weighted by molar-refractivity contribution is 5.02. The summed E-state index contributed by atoms with van der Waals surface area (Å²) in [4.78, 5) is 4.72. The van der Waals surface area contributed by atoms with Gasteiger partial charge in [0.05, 0.1) is 6.07 Å². The first-order chi connectivity index (χ1) is 7.16. The van der Waals surface area contributed by atoms with Gasteiger partial charge >= 0.3 is 0 Å². The third-order valence-corrected chi connectivity index (χ3v) is 3.34. The zero-order valence-corrected chi connectivity index (χ0v) is 11.5. The van der Waals surface area contributed by atoms with Crippen LogP contribution in [0.15, 0.2) is 0 Å². The molecule has 0 aromatic rings. The van der Waals surface area contributed by atoms with Crippen LogP contribution in [0.3, 0.4) is 0 Å². The average Bonchev–Trinajstić information content (AvgIpc) is 2.14. The molecular weight excluding hydrogens is 198 g/mol. The first kappa shape index (κ1) is 13.5. The number of hydrogen-bond donors (Lipinski definition) is 0. The summed E-state index contributed by atoms with van der Waals surface area (Å²) in [5.74, 6) is 0. The number of nitrogens with zero attached hydrogens (tertiary/aromatic N) is 3. The van der Waals surface area contributed by atoms with Gasteiger partial charge in [-0.1, -0.05) is 0 Å². The van der Waals surface area contributed by atoms with Crippen LogP contribution in [0.25, 0.3) is 0 Å². The molecule has 1 rings (SSSR count). The lowest BCUT2D eigenvalue weighted by Crippen LogP contribution is -2.62. The molecule has 92 valence electrons. The highest BCUT2D eigenvalue weighted by Crippen LogP contribution is 2.24. The van der Waals surface area contributed by atoms with E-state index < -0.39 is 0 Å². The van der Waals surface area contributed by atoms with Gasteiger partial charge < -0.3 is 0 Å². The van der Waals surface area contributed by atoms with Crippen molar-refractivity contribution in [2.75, 3.05) is 19.6 Å². The van der Waals surface area contributed by atoms with Crippen LogP contribution in [0.2, 0.25) is 0 Å². The molecule has 0 amide bonds. The fourth-order valence-electron chi connectivity index (χ4n) is 2.31. The molecule has 1 aliphatic rings. The van der Waals surface area contributed by atoms with Crippen molar-refractivity contribution in [1.82, 2.24) is 9.80 Å². The highest BCUT2D eigenvalue weighted by Gasteiger charge is 2.36. The van der Waals surface area contributed by atoms with Crippen molar-refractivity contribution in [2.45, 2.75) is 58.7 Å². The molecular formula is C13H25N3. The van der Waals surface area contributed by atoms with Crippen LogP contribution < -0.4 is 0 Å². The van der Waals surface area contributed by atoms with E-state index in [1.807, 2.05) is 0 Å². The van der Waals surface area contributed by atoms with Gasteiger partial charge in [0.25, 0.3) is 0 Å². The van der Waals surface area contributed by atoms with Crippen molar-refractivity contribution in [3.05, 3.63) is 0 Å². The molecule has 0 aromatic carbocycles. The second-order valence-corrected chi connectivity index (χ2v) is 6.63. The summed E-state index contributed by atoms with van der Waals surface area (Å²) in [6.45, 7) is 16.1. The van der Waals surface area contributed by atoms with E-state index in [1.165, 1.54) is 0 Å². The van der Waals surface area contributed by atoms with E-state index in [-0.39, 0.29) is 17.1 Å². The van der Waals surface area contributed by atoms with E-state index in [9.17, 15) is 5.26 Å². The minimum absolute atomic E-state index is 0.0213. The molecule has 0 bridgehead atoms. The maximum Gasteiger partial charge on any atom is 0.111 e. The van der Waals surface area contributed by atoms with Gasteiger partial charge in [-0.15, -0.1) is 0 Å². The standard InChI is InChI=1S/C13H25N3/c1-12(2,3)15-7-8-16(13(4,5)6)11(9-14)10-15/h11H,7-8,10H2,1-6H3/t11-/m1/s1. The molecule has 0 N–H and O–H groups in total. The topological polar surface area (TPSA) is 30.3 Å². The van der Waals surface area contributed by atoms with Crippen LogP contribution >= 0.6 is 0 Å². The van der Waals surface area contributed by atoms with Crippen LogP contribution in [0.4, 0.5) is 0 Å². The summed E-state index contributed by atoms with van der Waals surface area (Å²) in [6.07, 6.45) is 0. The number of rotatable bonds is 0. The van der Waals surface area contributed by atoms with E-state index >= 15 is 0 Å². The smallest absolute Gasteiger partial charge is 0.111 e. The molecule has 0 saturated carbocycles. The third kappa shape index (κ3) is 2.96. The average molecular weight is 223 g/mol. The molecule has 1 saturated heterocycles. The molecule has 3 nitrogen and oxygen atoms in total. The summed E-state index contributed by atoms with van der Waals surface area (Å²) in [6, 6.07) is 2.47. The van der Waals surface area contributed by atoms with Crippen LogP contribution in [-0.2, 0) is 0 Å². The maximum atomic E-state index is 9.29. The Hall–Kier alpha value is -0.590. The van der Waals surface area contributed by atoms with Crippen LogP contribution in [0.1, 0.15) is 41.5 Å². The van der Waals surface area contributed by atoms with Gasteiger partial charge in [-0.2, -0.15) is 5.26 Å². The van der Waals surface area contributed by atoms with Crippen molar-refractivity contribution in [3.8, 4) is 6.07 Å². The summed E-state index contributed by atoms with van der Waals surface area (Å²) in [7, 11) is 0. The summed E-state index contributed by atoms with van der Waals surface area (Å²) < 4.78 is 0. The fraction of sp³-hybridized carbons (Fsp3) is 0.923. The van der Waals surface area contributed by atoms with Crippen molar-refractivity contribution in [3.63, 3.8) is 0 Å². The summed E-state index contributed by atoms with van der Waals surface area (Å²) >= 11 is 0. The van der Waals surface area contributed by atoms with Crippen LogP contribution in [0.5, 0.6) is 0 Å². The Morgan fingerprint density at radius 3 is 1.94 bits per heavy atom. The second-order valence-electron chi connectivity index (χ2n) is 6.63. The molecule has 0 aromatic heterocycles. The monoisotopic (exact) mass is 223 g/mol. The Labute approximate surface area is 100 Å². The summed E-state index contributed by atoms with van der Waals surface area (Å²) in [5, 5.41) is 9.29. The number of hydrogen-bond acceptors (Lipinski definition) is 3. The zero-order chi connectivity index (χ0) is 12.6. The molecule has 16 heavy (non-hydrogen) atoms. The van der Waals surface area contributed by atoms with E-state index in [0.29, 0.717) is 0 Å². The van der Waals surface area contributed by atoms with Crippen LogP contribution in [-0.4, -0.2) is 46.6 Å². The normalized spacial score (nSPS) is 25.4. The lowest BCUT2D eigenvalue weighted by atomic mass is 9.97. The van der Waals surface area contributed by atoms with Gasteiger partial charge in [0.2, 0.25) is 0 Å². The van der Waals surface area contributed by atoms with Crippen molar-refractivity contribution in [1.29, 1.82) is 5.26 Å². The van der Waals surface area contributed by atoms with Gasteiger partial charge in [-0.25, -0.2) is 0 Å². The lowest BCUT2D eigenvalue weighted by molar-refractivity contribution is -0.00276. The first-order valence-corrected chi connectivity index (χ1v) is 6.07. The molecule has 1 aliphatic heterocycles. The Kier molecular flexibility index (Phi) is 3.66. The minimum Gasteiger partial charge on any atom is -0.295 e. The third-order valence-electron chi connectivity index (χ3n) is 3.34. The molecule has 0 spiro atoms. The van der Waals surface area contributed by atoms with Gasteiger partial charge in [0.1, 0.15) is 6.04 Å². The SMILES string of the molecule is CC(C)(C)N1CCN(C(C)(C)C)[C@H](C#N)C1. The quantitative estimate of drug-likeness (QED) is 0.630. The molecule has 3 heteroatoms. The van der Waals surface area contributed by atoms with Gasteiger partial charge in [-0.05, 0) is 41.5 Å². The van der Waals surface area contributed by atoms with Crippen LogP contribution in [0, 0.1) is 11.3 Å². The predicted molar refractivity (Wildman–Crippen MR) is 67.2 cm³/mol. The van der Waals surface area contributed by atoms with Crippen molar-refractivity contribution in [2.24, 2.45) is 0 Å². The highest BCUT2D eigenvalue weighted by atomic mass is 15.3. The molecule has 0 unspecified atom stereocenters. The van der Waals surface area contributed by atoms with Crippen molar-refractivity contribution >= 4 is 0 Å². The fourth-order valence-corrected chi connectivity index (χ4v) is 2.31. The molecule has 0 aliphatic carbocycles.